The molecule has 21 heavy (non-hydrogen) atoms. The Bertz CT molecular complexity index is 441. The summed E-state index contributed by atoms with van der Waals surface area (Å²) in [6.07, 6.45) is 8.31. The van der Waals surface area contributed by atoms with Gasteiger partial charge in [-0.1, -0.05) is 25.5 Å². The van der Waals surface area contributed by atoms with E-state index in [-0.39, 0.29) is 0 Å². The molecule has 1 aromatic carbocycles. The third-order valence-corrected chi connectivity index (χ3v) is 5.53. The van der Waals surface area contributed by atoms with E-state index >= 15 is 0 Å². The van der Waals surface area contributed by atoms with E-state index in [9.17, 15) is 0 Å². The maximum absolute atomic E-state index is 5.68. The summed E-state index contributed by atoms with van der Waals surface area (Å²) in [6, 6.07) is 9.21. The molecule has 2 aliphatic carbocycles. The SMILES string of the molecule is CCCOc1ccc(C(CC2CC3CCC2C3)NC)cc1. The minimum Gasteiger partial charge on any atom is -0.494 e. The molecule has 0 heterocycles. The number of nitrogens with one attached hydrogen (secondary N) is 1. The molecule has 2 nitrogen and oxygen atoms in total. The highest BCUT2D eigenvalue weighted by Gasteiger charge is 2.40. The van der Waals surface area contributed by atoms with Gasteiger partial charge in [-0.25, -0.2) is 0 Å². The lowest BCUT2D eigenvalue weighted by Gasteiger charge is -2.27. The molecule has 2 aliphatic rings. The molecule has 2 bridgehead atoms. The van der Waals surface area contributed by atoms with Crippen LogP contribution in [0, 0.1) is 17.8 Å². The van der Waals surface area contributed by atoms with Crippen molar-refractivity contribution >= 4 is 0 Å². The Balaban J connectivity index is 1.60. The van der Waals surface area contributed by atoms with Gasteiger partial charge in [-0.05, 0) is 74.6 Å². The Hall–Kier alpha value is -1.02. The summed E-state index contributed by atoms with van der Waals surface area (Å²) < 4.78 is 5.68. The fourth-order valence-electron chi connectivity index (χ4n) is 4.40. The molecule has 0 radical (unpaired) electrons. The number of hydrogen-bond acceptors (Lipinski definition) is 2. The first-order valence-electron chi connectivity index (χ1n) is 8.70. The van der Waals surface area contributed by atoms with E-state index in [1.807, 2.05) is 0 Å². The molecule has 0 spiro atoms. The van der Waals surface area contributed by atoms with Crippen LogP contribution in [0.2, 0.25) is 0 Å². The maximum atomic E-state index is 5.68. The Morgan fingerprint density at radius 3 is 2.57 bits per heavy atom. The van der Waals surface area contributed by atoms with Gasteiger partial charge in [-0.3, -0.25) is 0 Å². The highest BCUT2D eigenvalue weighted by molar-refractivity contribution is 5.29. The second-order valence-corrected chi connectivity index (χ2v) is 6.93. The predicted octanol–water partition coefficient (Wildman–Crippen LogP) is 4.56. The summed E-state index contributed by atoms with van der Waals surface area (Å²) in [5.74, 6) is 3.99. The Labute approximate surface area is 129 Å². The fourth-order valence-corrected chi connectivity index (χ4v) is 4.40. The largest absolute Gasteiger partial charge is 0.494 e. The van der Waals surface area contributed by atoms with Crippen molar-refractivity contribution in [1.82, 2.24) is 5.32 Å². The lowest BCUT2D eigenvalue weighted by atomic mass is 9.83. The lowest BCUT2D eigenvalue weighted by molar-refractivity contribution is 0.284. The van der Waals surface area contributed by atoms with Crippen molar-refractivity contribution in [3.05, 3.63) is 29.8 Å². The Morgan fingerprint density at radius 2 is 2.00 bits per heavy atom. The minimum atomic E-state index is 0.495. The van der Waals surface area contributed by atoms with Gasteiger partial charge < -0.3 is 10.1 Å². The van der Waals surface area contributed by atoms with Gasteiger partial charge in [0.1, 0.15) is 5.75 Å². The maximum Gasteiger partial charge on any atom is 0.119 e. The fraction of sp³-hybridized carbons (Fsp3) is 0.684. The standard InChI is InChI=1S/C19H29NO/c1-3-10-21-18-8-6-15(7-9-18)19(20-2)13-17-12-14-4-5-16(17)11-14/h6-9,14,16-17,19-20H,3-5,10-13H2,1-2H3. The number of fused-ring (bicyclic) bond motifs is 2. The van der Waals surface area contributed by atoms with Crippen LogP contribution in [0.1, 0.15) is 57.1 Å². The molecule has 1 N–H and O–H groups in total. The van der Waals surface area contributed by atoms with E-state index in [0.717, 1.165) is 36.5 Å². The van der Waals surface area contributed by atoms with Crippen LogP contribution in [0.4, 0.5) is 0 Å². The molecular formula is C19H29NO. The van der Waals surface area contributed by atoms with E-state index in [1.54, 1.807) is 0 Å². The van der Waals surface area contributed by atoms with E-state index in [1.165, 1.54) is 37.7 Å². The van der Waals surface area contributed by atoms with Crippen molar-refractivity contribution in [1.29, 1.82) is 0 Å². The van der Waals surface area contributed by atoms with Crippen LogP contribution in [0.5, 0.6) is 5.75 Å². The molecule has 2 fully saturated rings. The van der Waals surface area contributed by atoms with Crippen LogP contribution >= 0.6 is 0 Å². The second kappa shape index (κ2) is 6.83. The third-order valence-electron chi connectivity index (χ3n) is 5.53. The Kier molecular flexibility index (Phi) is 4.84. The molecule has 0 amide bonds. The van der Waals surface area contributed by atoms with Crippen molar-refractivity contribution in [2.75, 3.05) is 13.7 Å². The van der Waals surface area contributed by atoms with Gasteiger partial charge in [-0.15, -0.1) is 0 Å². The normalized spacial score (nSPS) is 28.8. The lowest BCUT2D eigenvalue weighted by Crippen LogP contribution is -2.22. The van der Waals surface area contributed by atoms with Crippen LogP contribution in [0.15, 0.2) is 24.3 Å². The van der Waals surface area contributed by atoms with E-state index in [4.69, 9.17) is 4.74 Å². The zero-order chi connectivity index (χ0) is 14.7. The van der Waals surface area contributed by atoms with Crippen LogP contribution in [0.25, 0.3) is 0 Å². The Morgan fingerprint density at radius 1 is 1.19 bits per heavy atom. The van der Waals surface area contributed by atoms with Crippen molar-refractivity contribution < 1.29 is 4.74 Å². The van der Waals surface area contributed by atoms with Gasteiger partial charge in [-0.2, -0.15) is 0 Å². The van der Waals surface area contributed by atoms with Crippen molar-refractivity contribution in [3.63, 3.8) is 0 Å². The molecule has 2 heteroatoms. The first-order chi connectivity index (χ1) is 10.3. The third kappa shape index (κ3) is 3.42. The van der Waals surface area contributed by atoms with Gasteiger partial charge in [0.25, 0.3) is 0 Å². The zero-order valence-electron chi connectivity index (χ0n) is 13.5. The minimum absolute atomic E-state index is 0.495. The second-order valence-electron chi connectivity index (χ2n) is 6.93. The summed E-state index contributed by atoms with van der Waals surface area (Å²) in [5, 5.41) is 3.53. The number of benzene rings is 1. The summed E-state index contributed by atoms with van der Waals surface area (Å²) in [6.45, 7) is 2.95. The van der Waals surface area contributed by atoms with Crippen LogP contribution in [0.3, 0.4) is 0 Å². The van der Waals surface area contributed by atoms with Crippen LogP contribution < -0.4 is 10.1 Å². The summed E-state index contributed by atoms with van der Waals surface area (Å²) in [4.78, 5) is 0. The van der Waals surface area contributed by atoms with Gasteiger partial charge in [0.2, 0.25) is 0 Å². The van der Waals surface area contributed by atoms with E-state index in [0.29, 0.717) is 6.04 Å². The number of hydrogen-bond donors (Lipinski definition) is 1. The van der Waals surface area contributed by atoms with Gasteiger partial charge in [0, 0.05) is 6.04 Å². The molecule has 0 aromatic heterocycles. The predicted molar refractivity (Wildman–Crippen MR) is 87.6 cm³/mol. The molecule has 116 valence electrons. The van der Waals surface area contributed by atoms with Gasteiger partial charge in [0.15, 0.2) is 0 Å². The molecule has 1 aromatic rings. The molecular weight excluding hydrogens is 258 g/mol. The molecule has 3 rings (SSSR count). The number of rotatable bonds is 7. The molecule has 4 atom stereocenters. The van der Waals surface area contributed by atoms with Crippen LogP contribution in [-0.2, 0) is 0 Å². The van der Waals surface area contributed by atoms with Crippen LogP contribution in [-0.4, -0.2) is 13.7 Å². The molecule has 4 unspecified atom stereocenters. The summed E-state index contributed by atoms with van der Waals surface area (Å²) >= 11 is 0. The first kappa shape index (κ1) is 14.9. The summed E-state index contributed by atoms with van der Waals surface area (Å²) in [7, 11) is 2.10. The monoisotopic (exact) mass is 287 g/mol. The topological polar surface area (TPSA) is 21.3 Å². The van der Waals surface area contributed by atoms with E-state index < -0.39 is 0 Å². The van der Waals surface area contributed by atoms with E-state index in [2.05, 4.69) is 43.6 Å². The summed E-state index contributed by atoms with van der Waals surface area (Å²) in [5.41, 5.74) is 1.41. The first-order valence-corrected chi connectivity index (χ1v) is 8.70. The van der Waals surface area contributed by atoms with Crippen molar-refractivity contribution in [2.45, 2.75) is 51.5 Å². The van der Waals surface area contributed by atoms with Crippen molar-refractivity contribution in [3.8, 4) is 5.75 Å². The number of ether oxygens (including phenoxy) is 1. The van der Waals surface area contributed by atoms with Gasteiger partial charge in [0.05, 0.1) is 6.61 Å². The highest BCUT2D eigenvalue weighted by Crippen LogP contribution is 2.50. The smallest absolute Gasteiger partial charge is 0.119 e. The quantitative estimate of drug-likeness (QED) is 0.793. The molecule has 0 aliphatic heterocycles. The average molecular weight is 287 g/mol. The molecule has 2 saturated carbocycles. The zero-order valence-corrected chi connectivity index (χ0v) is 13.5. The highest BCUT2D eigenvalue weighted by atomic mass is 16.5. The van der Waals surface area contributed by atoms with Crippen molar-refractivity contribution in [2.24, 2.45) is 17.8 Å². The average Bonchev–Trinajstić information content (AvgIpc) is 3.14. The van der Waals surface area contributed by atoms with Gasteiger partial charge >= 0.3 is 0 Å². The molecule has 0 saturated heterocycles.